The minimum absolute atomic E-state index is 0.0301. The Hall–Kier alpha value is -1.93. The molecule has 1 saturated carbocycles. The van der Waals surface area contributed by atoms with Gasteiger partial charge in [-0.25, -0.2) is 0 Å². The molecule has 8 heteroatoms. The van der Waals surface area contributed by atoms with Gasteiger partial charge in [-0.3, -0.25) is 14.7 Å². The van der Waals surface area contributed by atoms with Crippen LogP contribution in [0.5, 0.6) is 0 Å². The quantitative estimate of drug-likeness (QED) is 0.762. The Morgan fingerprint density at radius 1 is 1.13 bits per heavy atom. The molecule has 1 spiro atoms. The molecule has 1 N–H and O–H groups in total. The van der Waals surface area contributed by atoms with Gasteiger partial charge in [0.05, 0.1) is 18.2 Å². The Kier molecular flexibility index (Phi) is 6.14. The fraction of sp³-hybridized carbons (Fsp3) is 0.652. The summed E-state index contributed by atoms with van der Waals surface area (Å²) in [7, 11) is 0. The first kappa shape index (κ1) is 22.3. The first-order valence-corrected chi connectivity index (χ1v) is 11.1. The number of aliphatic hydroxyl groups is 1. The molecule has 1 aromatic carbocycles. The fourth-order valence-electron chi connectivity index (χ4n) is 5.28. The van der Waals surface area contributed by atoms with Gasteiger partial charge in [-0.1, -0.05) is 25.0 Å². The third-order valence-corrected chi connectivity index (χ3v) is 7.00. The topological polar surface area (TPSA) is 56.1 Å². The number of rotatable bonds is 5. The summed E-state index contributed by atoms with van der Waals surface area (Å²) in [5.74, 6) is 0.960. The lowest BCUT2D eigenvalue weighted by Gasteiger charge is -2.34. The van der Waals surface area contributed by atoms with Crippen LogP contribution in [-0.4, -0.2) is 64.5 Å². The van der Waals surface area contributed by atoms with Crippen LogP contribution in [-0.2, 0) is 11.0 Å². The molecule has 31 heavy (non-hydrogen) atoms. The summed E-state index contributed by atoms with van der Waals surface area (Å²) in [6, 6.07) is 5.47. The molecule has 170 valence electrons. The monoisotopic (exact) mass is 437 g/mol. The number of nitrogens with zero attached hydrogens (tertiary/aromatic N) is 3. The van der Waals surface area contributed by atoms with E-state index >= 15 is 0 Å². The van der Waals surface area contributed by atoms with Crippen LogP contribution in [0.15, 0.2) is 29.3 Å². The molecule has 0 aromatic heterocycles. The molecule has 0 bridgehead atoms. The summed E-state index contributed by atoms with van der Waals surface area (Å²) in [5.41, 5.74) is -0.264. The van der Waals surface area contributed by atoms with Crippen molar-refractivity contribution in [3.63, 3.8) is 0 Å². The zero-order chi connectivity index (χ0) is 22.2. The molecule has 1 unspecified atom stereocenters. The summed E-state index contributed by atoms with van der Waals surface area (Å²) >= 11 is 0. The number of alkyl halides is 3. The number of benzene rings is 1. The van der Waals surface area contributed by atoms with Gasteiger partial charge in [0.25, 0.3) is 5.91 Å². The molecule has 4 rings (SSSR count). The normalized spacial score (nSPS) is 23.6. The molecule has 2 aliphatic heterocycles. The third kappa shape index (κ3) is 4.65. The van der Waals surface area contributed by atoms with Crippen molar-refractivity contribution in [2.24, 2.45) is 4.99 Å². The number of halogens is 3. The van der Waals surface area contributed by atoms with Crippen molar-refractivity contribution >= 4 is 11.7 Å². The van der Waals surface area contributed by atoms with Crippen molar-refractivity contribution in [2.45, 2.75) is 69.2 Å². The zero-order valence-corrected chi connectivity index (χ0v) is 17.9. The highest BCUT2D eigenvalue weighted by Gasteiger charge is 2.48. The van der Waals surface area contributed by atoms with Crippen molar-refractivity contribution in [3.05, 3.63) is 35.4 Å². The van der Waals surface area contributed by atoms with Crippen LogP contribution in [0.4, 0.5) is 13.2 Å². The van der Waals surface area contributed by atoms with Crippen LogP contribution < -0.4 is 0 Å². The molecule has 1 amide bonds. The number of carbonyl (C=O) groups excluding carboxylic acids is 1. The van der Waals surface area contributed by atoms with Gasteiger partial charge in [0.15, 0.2) is 0 Å². The van der Waals surface area contributed by atoms with Crippen molar-refractivity contribution < 1.29 is 23.1 Å². The minimum Gasteiger partial charge on any atom is -0.390 e. The highest BCUT2D eigenvalue weighted by Crippen LogP contribution is 2.39. The highest BCUT2D eigenvalue weighted by atomic mass is 19.4. The first-order valence-electron chi connectivity index (χ1n) is 11.1. The number of aliphatic imine (C=N–C) groups is 1. The fourth-order valence-corrected chi connectivity index (χ4v) is 5.28. The largest absolute Gasteiger partial charge is 0.416 e. The van der Waals surface area contributed by atoms with Crippen LogP contribution in [0.2, 0.25) is 0 Å². The number of amides is 1. The van der Waals surface area contributed by atoms with Crippen LogP contribution in [0.3, 0.4) is 0 Å². The van der Waals surface area contributed by atoms with Gasteiger partial charge < -0.3 is 10.0 Å². The van der Waals surface area contributed by atoms with E-state index in [-0.39, 0.29) is 18.4 Å². The van der Waals surface area contributed by atoms with E-state index < -0.39 is 23.4 Å². The Bertz CT molecular complexity index is 823. The number of hydrogen-bond donors (Lipinski definition) is 1. The lowest BCUT2D eigenvalue weighted by Crippen LogP contribution is -2.47. The number of hydrogen-bond acceptors (Lipinski definition) is 4. The van der Waals surface area contributed by atoms with Crippen LogP contribution in [0.25, 0.3) is 0 Å². The van der Waals surface area contributed by atoms with Crippen LogP contribution in [0.1, 0.15) is 62.5 Å². The smallest absolute Gasteiger partial charge is 0.390 e. The van der Waals surface area contributed by atoms with E-state index in [9.17, 15) is 23.1 Å². The van der Waals surface area contributed by atoms with Crippen molar-refractivity contribution in [1.82, 2.24) is 9.80 Å². The zero-order valence-electron chi connectivity index (χ0n) is 17.9. The van der Waals surface area contributed by atoms with Crippen molar-refractivity contribution in [3.8, 4) is 0 Å². The lowest BCUT2D eigenvalue weighted by atomic mass is 9.89. The molecule has 3 aliphatic rings. The van der Waals surface area contributed by atoms with Crippen LogP contribution in [0, 0.1) is 0 Å². The maximum Gasteiger partial charge on any atom is 0.416 e. The molecule has 5 nitrogen and oxygen atoms in total. The Labute approximate surface area is 180 Å². The molecular formula is C23H30F3N3O2. The van der Waals surface area contributed by atoms with E-state index in [0.717, 1.165) is 69.3 Å². The van der Waals surface area contributed by atoms with Gasteiger partial charge in [-0.2, -0.15) is 13.2 Å². The van der Waals surface area contributed by atoms with E-state index in [0.29, 0.717) is 12.4 Å². The Morgan fingerprint density at radius 2 is 1.74 bits per heavy atom. The van der Waals surface area contributed by atoms with Crippen molar-refractivity contribution in [2.75, 3.05) is 26.2 Å². The number of piperidine rings is 1. The average molecular weight is 438 g/mol. The summed E-state index contributed by atoms with van der Waals surface area (Å²) < 4.78 is 38.3. The molecule has 1 saturated heterocycles. The first-order chi connectivity index (χ1) is 14.7. The number of carbonyl (C=O) groups is 1. The summed E-state index contributed by atoms with van der Waals surface area (Å²) in [4.78, 5) is 21.3. The van der Waals surface area contributed by atoms with Gasteiger partial charge in [0.1, 0.15) is 11.4 Å². The van der Waals surface area contributed by atoms with E-state index in [1.807, 2.05) is 6.92 Å². The average Bonchev–Trinajstić information content (AvgIpc) is 3.29. The molecule has 2 heterocycles. The van der Waals surface area contributed by atoms with Gasteiger partial charge in [-0.05, 0) is 69.3 Å². The SMILES string of the molecule is CC1=NC2(CCCC2)C(=O)N1CC(O)CN1CCC(c2ccc(C(F)(F)F)cc2)CC1. The van der Waals surface area contributed by atoms with Gasteiger partial charge in [0, 0.05) is 6.54 Å². The maximum atomic E-state index is 12.9. The predicted molar refractivity (Wildman–Crippen MR) is 112 cm³/mol. The van der Waals surface area contributed by atoms with Crippen molar-refractivity contribution in [1.29, 1.82) is 0 Å². The van der Waals surface area contributed by atoms with Crippen LogP contribution >= 0.6 is 0 Å². The highest BCUT2D eigenvalue weighted by molar-refractivity contribution is 6.07. The molecule has 0 radical (unpaired) electrons. The number of amidine groups is 1. The second-order valence-electron chi connectivity index (χ2n) is 9.16. The second kappa shape index (κ2) is 8.54. The Morgan fingerprint density at radius 3 is 2.32 bits per heavy atom. The number of β-amino-alcohol motifs (C(OH)–C–C–N with tert-alkyl or cyclic N) is 1. The number of aliphatic hydroxyl groups excluding tert-OH is 1. The molecule has 1 aromatic rings. The lowest BCUT2D eigenvalue weighted by molar-refractivity contribution is -0.137. The minimum atomic E-state index is -4.31. The van der Waals surface area contributed by atoms with Gasteiger partial charge in [-0.15, -0.1) is 0 Å². The summed E-state index contributed by atoms with van der Waals surface area (Å²) in [5, 5.41) is 10.6. The van der Waals surface area contributed by atoms with E-state index in [4.69, 9.17) is 0 Å². The van der Waals surface area contributed by atoms with Gasteiger partial charge >= 0.3 is 6.18 Å². The molecule has 1 aliphatic carbocycles. The third-order valence-electron chi connectivity index (χ3n) is 7.00. The summed E-state index contributed by atoms with van der Waals surface area (Å²) in [6.07, 6.45) is 0.345. The second-order valence-corrected chi connectivity index (χ2v) is 9.16. The van der Waals surface area contributed by atoms with E-state index in [1.165, 1.54) is 0 Å². The Balaban J connectivity index is 1.26. The standard InChI is InChI=1S/C23H30F3N3O2/c1-16-27-22(10-2-3-11-22)21(31)29(16)15-20(30)14-28-12-8-18(9-13-28)17-4-6-19(7-5-17)23(24,25)26/h4-7,18,20,30H,2-3,8-15H2,1H3. The predicted octanol–water partition coefficient (Wildman–Crippen LogP) is 3.82. The molecule has 2 fully saturated rings. The van der Waals surface area contributed by atoms with Gasteiger partial charge in [0.2, 0.25) is 0 Å². The molecular weight excluding hydrogens is 407 g/mol. The van der Waals surface area contributed by atoms with E-state index in [2.05, 4.69) is 9.89 Å². The number of likely N-dealkylation sites (tertiary alicyclic amines) is 1. The maximum absolute atomic E-state index is 12.9. The molecule has 1 atom stereocenters. The van der Waals surface area contributed by atoms with E-state index in [1.54, 1.807) is 17.0 Å². The summed E-state index contributed by atoms with van der Waals surface area (Å²) in [6.45, 7) is 4.12.